The number of nitrogens with one attached hydrogen (secondary N) is 2. The lowest BCUT2D eigenvalue weighted by atomic mass is 10.2. The number of nitrogens with two attached hydrogens (primary N) is 1. The maximum Gasteiger partial charge on any atom is 0.155 e. The van der Waals surface area contributed by atoms with Crippen molar-refractivity contribution in [3.63, 3.8) is 0 Å². The van der Waals surface area contributed by atoms with E-state index in [-0.39, 0.29) is 0 Å². The Morgan fingerprint density at radius 2 is 1.58 bits per heavy atom. The van der Waals surface area contributed by atoms with Gasteiger partial charge in [0.1, 0.15) is 12.0 Å². The highest BCUT2D eigenvalue weighted by Gasteiger charge is 2.07. The number of rotatable bonds is 6. The van der Waals surface area contributed by atoms with Crippen molar-refractivity contribution in [1.82, 2.24) is 15.0 Å². The molecule has 1 aromatic carbocycles. The molecule has 3 aromatic rings. The summed E-state index contributed by atoms with van der Waals surface area (Å²) in [7, 11) is 0. The molecule has 0 aliphatic heterocycles. The molecule has 3 rings (SSSR count). The molecule has 0 aliphatic rings. The van der Waals surface area contributed by atoms with Gasteiger partial charge in [-0.2, -0.15) is 0 Å². The SMILES string of the molecule is Nc1c(NCc2ccc(Cl)cc2)ncnc1NCc1cccnc1. The summed E-state index contributed by atoms with van der Waals surface area (Å²) in [4.78, 5) is 12.5. The number of pyridine rings is 1. The zero-order valence-electron chi connectivity index (χ0n) is 12.9. The summed E-state index contributed by atoms with van der Waals surface area (Å²) in [6.07, 6.45) is 5.01. The van der Waals surface area contributed by atoms with E-state index in [9.17, 15) is 0 Å². The molecule has 0 radical (unpaired) electrons. The van der Waals surface area contributed by atoms with E-state index < -0.39 is 0 Å². The summed E-state index contributed by atoms with van der Waals surface area (Å²) in [5.74, 6) is 1.18. The normalized spacial score (nSPS) is 10.4. The minimum absolute atomic E-state index is 0.482. The van der Waals surface area contributed by atoms with Crippen molar-refractivity contribution >= 4 is 28.9 Å². The van der Waals surface area contributed by atoms with Crippen LogP contribution in [0.15, 0.2) is 55.1 Å². The Hall–Kier alpha value is -2.86. The summed E-state index contributed by atoms with van der Waals surface area (Å²) < 4.78 is 0. The zero-order valence-corrected chi connectivity index (χ0v) is 13.7. The van der Waals surface area contributed by atoms with Crippen LogP contribution < -0.4 is 16.4 Å². The van der Waals surface area contributed by atoms with Crippen LogP contribution in [-0.4, -0.2) is 15.0 Å². The molecule has 0 bridgehead atoms. The van der Waals surface area contributed by atoms with Gasteiger partial charge in [0.05, 0.1) is 0 Å². The van der Waals surface area contributed by atoms with Gasteiger partial charge in [-0.05, 0) is 29.3 Å². The van der Waals surface area contributed by atoms with Gasteiger partial charge >= 0.3 is 0 Å². The van der Waals surface area contributed by atoms with Gasteiger partial charge in [-0.15, -0.1) is 0 Å². The number of hydrogen-bond donors (Lipinski definition) is 3. The summed E-state index contributed by atoms with van der Waals surface area (Å²) in [6.45, 7) is 1.19. The minimum atomic E-state index is 0.482. The lowest BCUT2D eigenvalue weighted by molar-refractivity contribution is 1.05. The fraction of sp³-hybridized carbons (Fsp3) is 0.118. The van der Waals surface area contributed by atoms with Crippen molar-refractivity contribution in [2.24, 2.45) is 0 Å². The lowest BCUT2D eigenvalue weighted by Gasteiger charge is -2.12. The number of nitrogen functional groups attached to an aromatic ring is 1. The fourth-order valence-electron chi connectivity index (χ4n) is 2.15. The first-order valence-electron chi connectivity index (χ1n) is 7.44. The molecule has 0 aliphatic carbocycles. The lowest BCUT2D eigenvalue weighted by Crippen LogP contribution is -2.10. The van der Waals surface area contributed by atoms with Gasteiger partial charge in [0.15, 0.2) is 11.6 Å². The Morgan fingerprint density at radius 1 is 0.917 bits per heavy atom. The number of hydrogen-bond acceptors (Lipinski definition) is 6. The van der Waals surface area contributed by atoms with Crippen LogP contribution in [0.1, 0.15) is 11.1 Å². The van der Waals surface area contributed by atoms with E-state index >= 15 is 0 Å². The summed E-state index contributed by atoms with van der Waals surface area (Å²) in [5.41, 5.74) is 8.76. The maximum absolute atomic E-state index is 6.15. The van der Waals surface area contributed by atoms with E-state index in [1.165, 1.54) is 6.33 Å². The number of nitrogens with zero attached hydrogens (tertiary/aromatic N) is 3. The van der Waals surface area contributed by atoms with Gasteiger partial charge in [0.25, 0.3) is 0 Å². The third-order valence-corrected chi connectivity index (χ3v) is 3.69. The second-order valence-corrected chi connectivity index (χ2v) is 5.62. The summed E-state index contributed by atoms with van der Waals surface area (Å²) >= 11 is 5.89. The quantitative estimate of drug-likeness (QED) is 0.638. The molecule has 7 heteroatoms. The molecule has 0 unspecified atom stereocenters. The third kappa shape index (κ3) is 4.11. The average Bonchev–Trinajstić information content (AvgIpc) is 2.62. The highest BCUT2D eigenvalue weighted by Crippen LogP contribution is 2.23. The fourth-order valence-corrected chi connectivity index (χ4v) is 2.28. The predicted molar refractivity (Wildman–Crippen MR) is 96.8 cm³/mol. The third-order valence-electron chi connectivity index (χ3n) is 3.44. The standard InChI is InChI=1S/C17H17ClN6/c18-14-5-3-12(4-6-14)9-21-16-15(19)17(24-11-23-16)22-10-13-2-1-7-20-8-13/h1-8,11H,9-10,19H2,(H2,21,22,23,24). The Labute approximate surface area is 145 Å². The number of aromatic nitrogens is 3. The largest absolute Gasteiger partial charge is 0.393 e. The molecule has 0 saturated carbocycles. The molecule has 0 fully saturated rings. The van der Waals surface area contributed by atoms with Crippen LogP contribution in [0, 0.1) is 0 Å². The Morgan fingerprint density at radius 3 is 2.21 bits per heavy atom. The molecule has 0 saturated heterocycles. The van der Waals surface area contributed by atoms with Crippen LogP contribution in [0.25, 0.3) is 0 Å². The van der Waals surface area contributed by atoms with Crippen LogP contribution in [0.5, 0.6) is 0 Å². The Bertz CT molecular complexity index is 792. The smallest absolute Gasteiger partial charge is 0.155 e. The number of halogens is 1. The van der Waals surface area contributed by atoms with Gasteiger partial charge < -0.3 is 16.4 Å². The first kappa shape index (κ1) is 16.0. The molecule has 0 amide bonds. The van der Waals surface area contributed by atoms with Gasteiger partial charge in [-0.1, -0.05) is 29.8 Å². The van der Waals surface area contributed by atoms with Gasteiger partial charge in [0, 0.05) is 30.5 Å². The first-order chi connectivity index (χ1) is 11.7. The van der Waals surface area contributed by atoms with E-state index in [1.807, 2.05) is 36.4 Å². The van der Waals surface area contributed by atoms with Crippen molar-refractivity contribution in [1.29, 1.82) is 0 Å². The van der Waals surface area contributed by atoms with Crippen molar-refractivity contribution in [2.75, 3.05) is 16.4 Å². The zero-order chi connectivity index (χ0) is 16.8. The predicted octanol–water partition coefficient (Wildman–Crippen LogP) is 3.33. The summed E-state index contributed by atoms with van der Waals surface area (Å²) in [5, 5.41) is 7.13. The van der Waals surface area contributed by atoms with E-state index in [0.29, 0.717) is 35.4 Å². The molecule has 0 atom stereocenters. The maximum atomic E-state index is 6.15. The van der Waals surface area contributed by atoms with E-state index in [0.717, 1.165) is 11.1 Å². The molecule has 2 heterocycles. The number of anilines is 3. The van der Waals surface area contributed by atoms with Crippen LogP contribution in [-0.2, 0) is 13.1 Å². The monoisotopic (exact) mass is 340 g/mol. The average molecular weight is 341 g/mol. The Balaban J connectivity index is 1.65. The first-order valence-corrected chi connectivity index (χ1v) is 7.82. The molecule has 6 nitrogen and oxygen atoms in total. The highest BCUT2D eigenvalue weighted by molar-refractivity contribution is 6.30. The van der Waals surface area contributed by atoms with Gasteiger partial charge in [-0.25, -0.2) is 9.97 Å². The van der Waals surface area contributed by atoms with Crippen LogP contribution >= 0.6 is 11.6 Å². The highest BCUT2D eigenvalue weighted by atomic mass is 35.5. The molecule has 122 valence electrons. The van der Waals surface area contributed by atoms with E-state index in [1.54, 1.807) is 12.4 Å². The van der Waals surface area contributed by atoms with Gasteiger partial charge in [0.2, 0.25) is 0 Å². The van der Waals surface area contributed by atoms with Crippen molar-refractivity contribution in [3.8, 4) is 0 Å². The topological polar surface area (TPSA) is 88.8 Å². The van der Waals surface area contributed by atoms with Crippen LogP contribution in [0.4, 0.5) is 17.3 Å². The van der Waals surface area contributed by atoms with Gasteiger partial charge in [-0.3, -0.25) is 4.98 Å². The Kier molecular flexibility index (Phi) is 5.08. The molecular formula is C17H17ClN6. The van der Waals surface area contributed by atoms with E-state index in [2.05, 4.69) is 25.6 Å². The van der Waals surface area contributed by atoms with Crippen LogP contribution in [0.3, 0.4) is 0 Å². The second kappa shape index (κ2) is 7.61. The van der Waals surface area contributed by atoms with E-state index in [4.69, 9.17) is 17.3 Å². The van der Waals surface area contributed by atoms with Crippen molar-refractivity contribution in [3.05, 3.63) is 71.3 Å². The molecule has 24 heavy (non-hydrogen) atoms. The van der Waals surface area contributed by atoms with Crippen molar-refractivity contribution < 1.29 is 0 Å². The van der Waals surface area contributed by atoms with Crippen LogP contribution in [0.2, 0.25) is 5.02 Å². The summed E-state index contributed by atoms with van der Waals surface area (Å²) in [6, 6.07) is 11.5. The molecular weight excluding hydrogens is 324 g/mol. The molecule has 0 spiro atoms. The second-order valence-electron chi connectivity index (χ2n) is 5.18. The number of benzene rings is 1. The minimum Gasteiger partial charge on any atom is -0.393 e. The molecule has 2 aromatic heterocycles. The molecule has 4 N–H and O–H groups in total. The van der Waals surface area contributed by atoms with Crippen molar-refractivity contribution in [2.45, 2.75) is 13.1 Å².